The van der Waals surface area contributed by atoms with E-state index in [1.54, 1.807) is 7.11 Å². The van der Waals surface area contributed by atoms with E-state index >= 15 is 0 Å². The fourth-order valence-electron chi connectivity index (χ4n) is 1.43. The quantitative estimate of drug-likeness (QED) is 0.594. The number of ether oxygens (including phenoxy) is 4. The van der Waals surface area contributed by atoms with E-state index in [-0.39, 0.29) is 24.4 Å². The van der Waals surface area contributed by atoms with Crippen LogP contribution in [0, 0.1) is 0 Å². The molecule has 0 amide bonds. The molecule has 0 N–H and O–H groups in total. The van der Waals surface area contributed by atoms with E-state index in [0.29, 0.717) is 19.8 Å². The fourth-order valence-corrected chi connectivity index (χ4v) is 1.43. The lowest BCUT2D eigenvalue weighted by atomic mass is 10.3. The molecular formula is C13H28O4. The molecule has 0 aromatic carbocycles. The van der Waals surface area contributed by atoms with E-state index in [1.165, 1.54) is 0 Å². The Morgan fingerprint density at radius 3 is 1.65 bits per heavy atom. The lowest BCUT2D eigenvalue weighted by molar-refractivity contribution is -0.0859. The molecule has 0 rings (SSSR count). The number of rotatable bonds is 10. The Hall–Kier alpha value is -0.160. The molecule has 0 saturated heterocycles. The molecule has 0 saturated carbocycles. The summed E-state index contributed by atoms with van der Waals surface area (Å²) in [6, 6.07) is 0. The summed E-state index contributed by atoms with van der Waals surface area (Å²) in [4.78, 5) is 0. The zero-order valence-electron chi connectivity index (χ0n) is 12.1. The van der Waals surface area contributed by atoms with Gasteiger partial charge in [0.2, 0.25) is 0 Å². The molecule has 0 heterocycles. The van der Waals surface area contributed by atoms with Gasteiger partial charge in [-0.2, -0.15) is 0 Å². The Morgan fingerprint density at radius 1 is 0.706 bits per heavy atom. The third kappa shape index (κ3) is 10.7. The van der Waals surface area contributed by atoms with Crippen LogP contribution < -0.4 is 0 Å². The van der Waals surface area contributed by atoms with E-state index in [4.69, 9.17) is 18.9 Å². The molecule has 4 heteroatoms. The highest BCUT2D eigenvalue weighted by Crippen LogP contribution is 2.02. The summed E-state index contributed by atoms with van der Waals surface area (Å²) in [7, 11) is 1.67. The third-order valence-corrected chi connectivity index (χ3v) is 2.14. The predicted octanol–water partition coefficient (Wildman–Crippen LogP) is 2.26. The number of methoxy groups -OCH3 is 1. The molecule has 0 aliphatic rings. The van der Waals surface area contributed by atoms with Gasteiger partial charge in [-0.3, -0.25) is 0 Å². The Morgan fingerprint density at radius 2 is 1.18 bits per heavy atom. The zero-order valence-corrected chi connectivity index (χ0v) is 12.1. The second-order valence-electron chi connectivity index (χ2n) is 4.74. The highest BCUT2D eigenvalue weighted by molar-refractivity contribution is 4.55. The molecule has 0 spiro atoms. The first-order valence-electron chi connectivity index (χ1n) is 6.33. The molecule has 3 atom stereocenters. The third-order valence-electron chi connectivity index (χ3n) is 2.14. The van der Waals surface area contributed by atoms with Crippen molar-refractivity contribution in [2.45, 2.75) is 59.0 Å². The van der Waals surface area contributed by atoms with Crippen molar-refractivity contribution in [1.29, 1.82) is 0 Å². The van der Waals surface area contributed by atoms with E-state index in [0.717, 1.165) is 0 Å². The summed E-state index contributed by atoms with van der Waals surface area (Å²) >= 11 is 0. The SMILES string of the molecule is COCC(C)OCC(C)OCC(C)OC(C)C. The molecule has 0 aromatic rings. The van der Waals surface area contributed by atoms with Gasteiger partial charge >= 0.3 is 0 Å². The smallest absolute Gasteiger partial charge is 0.0784 e. The summed E-state index contributed by atoms with van der Waals surface area (Å²) in [6.45, 7) is 11.8. The number of hydrogen-bond acceptors (Lipinski definition) is 4. The monoisotopic (exact) mass is 248 g/mol. The first-order chi connectivity index (χ1) is 7.95. The van der Waals surface area contributed by atoms with E-state index in [1.807, 2.05) is 34.6 Å². The minimum atomic E-state index is 0.0764. The summed E-state index contributed by atoms with van der Waals surface area (Å²) < 4.78 is 21.8. The summed E-state index contributed by atoms with van der Waals surface area (Å²) in [6.07, 6.45) is 0.540. The van der Waals surface area contributed by atoms with Crippen molar-refractivity contribution >= 4 is 0 Å². The maximum Gasteiger partial charge on any atom is 0.0784 e. The second kappa shape index (κ2) is 9.83. The molecule has 0 aliphatic carbocycles. The summed E-state index contributed by atoms with van der Waals surface area (Å²) in [5.74, 6) is 0. The highest BCUT2D eigenvalue weighted by atomic mass is 16.6. The van der Waals surface area contributed by atoms with E-state index in [9.17, 15) is 0 Å². The van der Waals surface area contributed by atoms with Crippen molar-refractivity contribution in [2.75, 3.05) is 26.9 Å². The van der Waals surface area contributed by atoms with Crippen LogP contribution in [0.1, 0.15) is 34.6 Å². The van der Waals surface area contributed by atoms with Gasteiger partial charge in [-0.25, -0.2) is 0 Å². The van der Waals surface area contributed by atoms with Crippen LogP contribution in [-0.4, -0.2) is 51.3 Å². The van der Waals surface area contributed by atoms with Gasteiger partial charge < -0.3 is 18.9 Å². The van der Waals surface area contributed by atoms with E-state index < -0.39 is 0 Å². The normalized spacial score (nSPS) is 17.1. The van der Waals surface area contributed by atoms with Gasteiger partial charge in [-0.15, -0.1) is 0 Å². The van der Waals surface area contributed by atoms with Gasteiger partial charge in [0.15, 0.2) is 0 Å². The highest BCUT2D eigenvalue weighted by Gasteiger charge is 2.10. The van der Waals surface area contributed by atoms with Crippen LogP contribution >= 0.6 is 0 Å². The molecule has 0 fully saturated rings. The first-order valence-corrected chi connectivity index (χ1v) is 6.33. The van der Waals surface area contributed by atoms with Gasteiger partial charge in [-0.05, 0) is 34.6 Å². The lowest BCUT2D eigenvalue weighted by Gasteiger charge is -2.20. The largest absolute Gasteiger partial charge is 0.382 e. The van der Waals surface area contributed by atoms with Crippen LogP contribution in [0.3, 0.4) is 0 Å². The van der Waals surface area contributed by atoms with E-state index in [2.05, 4.69) is 0 Å². The zero-order chi connectivity index (χ0) is 13.3. The van der Waals surface area contributed by atoms with Crippen LogP contribution in [0.15, 0.2) is 0 Å². The molecule has 0 aliphatic heterocycles. The molecule has 104 valence electrons. The molecule has 0 aromatic heterocycles. The Bertz CT molecular complexity index is 173. The van der Waals surface area contributed by atoms with Crippen molar-refractivity contribution in [3.05, 3.63) is 0 Å². The van der Waals surface area contributed by atoms with Gasteiger partial charge in [0.05, 0.1) is 44.2 Å². The maximum absolute atomic E-state index is 5.64. The van der Waals surface area contributed by atoms with Crippen molar-refractivity contribution < 1.29 is 18.9 Å². The predicted molar refractivity (Wildman–Crippen MR) is 68.4 cm³/mol. The Balaban J connectivity index is 3.55. The molecule has 0 radical (unpaired) electrons. The van der Waals surface area contributed by atoms with Crippen LogP contribution in [0.5, 0.6) is 0 Å². The van der Waals surface area contributed by atoms with Gasteiger partial charge in [0.25, 0.3) is 0 Å². The molecule has 0 bridgehead atoms. The van der Waals surface area contributed by atoms with Gasteiger partial charge in [-0.1, -0.05) is 0 Å². The second-order valence-corrected chi connectivity index (χ2v) is 4.74. The van der Waals surface area contributed by atoms with Crippen molar-refractivity contribution in [3.63, 3.8) is 0 Å². The Labute approximate surface area is 106 Å². The molecule has 17 heavy (non-hydrogen) atoms. The van der Waals surface area contributed by atoms with Crippen molar-refractivity contribution in [1.82, 2.24) is 0 Å². The average molecular weight is 248 g/mol. The first kappa shape index (κ1) is 16.8. The van der Waals surface area contributed by atoms with Gasteiger partial charge in [0, 0.05) is 7.11 Å². The van der Waals surface area contributed by atoms with Crippen LogP contribution in [0.25, 0.3) is 0 Å². The molecular weight excluding hydrogens is 220 g/mol. The summed E-state index contributed by atoms with van der Waals surface area (Å²) in [5.41, 5.74) is 0. The average Bonchev–Trinajstić information content (AvgIpc) is 2.23. The topological polar surface area (TPSA) is 36.9 Å². The lowest BCUT2D eigenvalue weighted by Crippen LogP contribution is -2.27. The molecule has 4 nitrogen and oxygen atoms in total. The summed E-state index contributed by atoms with van der Waals surface area (Å²) in [5, 5.41) is 0. The van der Waals surface area contributed by atoms with Crippen LogP contribution in [0.2, 0.25) is 0 Å². The van der Waals surface area contributed by atoms with Crippen LogP contribution in [0.4, 0.5) is 0 Å². The minimum absolute atomic E-state index is 0.0764. The van der Waals surface area contributed by atoms with Crippen LogP contribution in [-0.2, 0) is 18.9 Å². The van der Waals surface area contributed by atoms with Crippen molar-refractivity contribution in [2.24, 2.45) is 0 Å². The number of hydrogen-bond donors (Lipinski definition) is 0. The maximum atomic E-state index is 5.64. The molecule has 3 unspecified atom stereocenters. The minimum Gasteiger partial charge on any atom is -0.382 e. The van der Waals surface area contributed by atoms with Gasteiger partial charge in [0.1, 0.15) is 0 Å². The fraction of sp³-hybridized carbons (Fsp3) is 1.00. The Kier molecular flexibility index (Phi) is 9.74. The van der Waals surface area contributed by atoms with Crippen molar-refractivity contribution in [3.8, 4) is 0 Å². The standard InChI is InChI=1S/C13H28O4/c1-10(2)17-13(5)9-16-12(4)8-15-11(3)7-14-6/h10-13H,7-9H2,1-6H3.